The SMILES string of the molecule is CC(C)(C)NCc1ccc(CN(CC2CC2)CC2CC2)s1. The van der Waals surface area contributed by atoms with E-state index >= 15 is 0 Å². The Kier molecular flexibility index (Phi) is 4.72. The Bertz CT molecular complexity index is 438. The van der Waals surface area contributed by atoms with Crippen LogP contribution in [0.25, 0.3) is 0 Å². The quantitative estimate of drug-likeness (QED) is 0.772. The van der Waals surface area contributed by atoms with Crippen LogP contribution in [-0.4, -0.2) is 23.5 Å². The van der Waals surface area contributed by atoms with Crippen molar-refractivity contribution in [1.82, 2.24) is 10.2 Å². The van der Waals surface area contributed by atoms with Gasteiger partial charge < -0.3 is 5.32 Å². The molecule has 2 aliphatic rings. The van der Waals surface area contributed by atoms with Crippen LogP contribution < -0.4 is 5.32 Å². The molecular formula is C18H30N2S. The maximum Gasteiger partial charge on any atom is 0.0328 e. The molecule has 0 spiro atoms. The molecule has 0 bridgehead atoms. The van der Waals surface area contributed by atoms with Crippen molar-refractivity contribution < 1.29 is 0 Å². The first-order valence-corrected chi connectivity index (χ1v) is 9.34. The molecule has 1 aromatic heterocycles. The predicted molar refractivity (Wildman–Crippen MR) is 91.6 cm³/mol. The van der Waals surface area contributed by atoms with Crippen LogP contribution in [0.4, 0.5) is 0 Å². The zero-order valence-corrected chi connectivity index (χ0v) is 14.6. The van der Waals surface area contributed by atoms with Crippen molar-refractivity contribution in [3.05, 3.63) is 21.9 Å². The van der Waals surface area contributed by atoms with Gasteiger partial charge in [0, 0.05) is 41.5 Å². The van der Waals surface area contributed by atoms with E-state index in [0.29, 0.717) is 0 Å². The molecule has 0 aromatic carbocycles. The molecule has 0 saturated heterocycles. The molecule has 0 radical (unpaired) electrons. The minimum Gasteiger partial charge on any atom is -0.307 e. The predicted octanol–water partition coefficient (Wildman–Crippen LogP) is 4.26. The molecule has 3 heteroatoms. The van der Waals surface area contributed by atoms with E-state index in [9.17, 15) is 0 Å². The molecule has 2 aliphatic carbocycles. The topological polar surface area (TPSA) is 15.3 Å². The fourth-order valence-corrected chi connectivity index (χ4v) is 3.71. The summed E-state index contributed by atoms with van der Waals surface area (Å²) >= 11 is 1.99. The van der Waals surface area contributed by atoms with E-state index in [1.807, 2.05) is 11.3 Å². The highest BCUT2D eigenvalue weighted by Gasteiger charge is 2.29. The lowest BCUT2D eigenvalue weighted by Gasteiger charge is -2.21. The van der Waals surface area contributed by atoms with Crippen molar-refractivity contribution in [1.29, 1.82) is 0 Å². The van der Waals surface area contributed by atoms with E-state index < -0.39 is 0 Å². The average Bonchev–Trinajstić information content (AvgIpc) is 3.30. The Balaban J connectivity index is 1.51. The summed E-state index contributed by atoms with van der Waals surface area (Å²) < 4.78 is 0. The first-order chi connectivity index (χ1) is 9.98. The van der Waals surface area contributed by atoms with E-state index in [0.717, 1.165) is 18.4 Å². The van der Waals surface area contributed by atoms with Gasteiger partial charge in [0.15, 0.2) is 0 Å². The molecule has 1 heterocycles. The van der Waals surface area contributed by atoms with Crippen molar-refractivity contribution in [2.75, 3.05) is 13.1 Å². The van der Waals surface area contributed by atoms with Gasteiger partial charge in [0.2, 0.25) is 0 Å². The van der Waals surface area contributed by atoms with E-state index in [4.69, 9.17) is 0 Å². The standard InChI is InChI=1S/C18H30N2S/c1-18(2,3)19-10-16-8-9-17(21-16)13-20(11-14-4-5-14)12-15-6-7-15/h8-9,14-15,19H,4-7,10-13H2,1-3H3. The van der Waals surface area contributed by atoms with Crippen molar-refractivity contribution in [3.8, 4) is 0 Å². The molecule has 1 aromatic rings. The average molecular weight is 307 g/mol. The second-order valence-electron chi connectivity index (χ2n) is 8.05. The van der Waals surface area contributed by atoms with E-state index in [2.05, 4.69) is 43.1 Å². The highest BCUT2D eigenvalue weighted by molar-refractivity contribution is 7.11. The molecule has 3 rings (SSSR count). The van der Waals surface area contributed by atoms with Crippen LogP contribution in [-0.2, 0) is 13.1 Å². The van der Waals surface area contributed by atoms with Crippen LogP contribution in [0.3, 0.4) is 0 Å². The number of thiophene rings is 1. The number of hydrogen-bond acceptors (Lipinski definition) is 3. The monoisotopic (exact) mass is 306 g/mol. The van der Waals surface area contributed by atoms with Crippen molar-refractivity contribution in [2.24, 2.45) is 11.8 Å². The number of nitrogens with one attached hydrogen (secondary N) is 1. The van der Waals surface area contributed by atoms with Gasteiger partial charge in [-0.15, -0.1) is 11.3 Å². The molecular weight excluding hydrogens is 276 g/mol. The third-order valence-corrected chi connectivity index (χ3v) is 5.39. The van der Waals surface area contributed by atoms with Gasteiger partial charge in [0.1, 0.15) is 0 Å². The summed E-state index contributed by atoms with van der Waals surface area (Å²) in [4.78, 5) is 5.74. The largest absolute Gasteiger partial charge is 0.307 e. The summed E-state index contributed by atoms with van der Waals surface area (Å²) in [5.74, 6) is 2.01. The maximum absolute atomic E-state index is 3.59. The third kappa shape index (κ3) is 5.72. The van der Waals surface area contributed by atoms with Crippen molar-refractivity contribution in [3.63, 3.8) is 0 Å². The van der Waals surface area contributed by atoms with Gasteiger partial charge in [0.25, 0.3) is 0 Å². The lowest BCUT2D eigenvalue weighted by Crippen LogP contribution is -2.34. The molecule has 2 nitrogen and oxygen atoms in total. The molecule has 118 valence electrons. The van der Waals surface area contributed by atoms with Crippen LogP contribution in [0.1, 0.15) is 56.2 Å². The summed E-state index contributed by atoms with van der Waals surface area (Å²) in [7, 11) is 0. The Labute approximate surface area is 133 Å². The fraction of sp³-hybridized carbons (Fsp3) is 0.778. The van der Waals surface area contributed by atoms with E-state index in [1.54, 1.807) is 4.88 Å². The third-order valence-electron chi connectivity index (χ3n) is 4.32. The second-order valence-corrected chi connectivity index (χ2v) is 9.31. The van der Waals surface area contributed by atoms with Crippen molar-refractivity contribution in [2.45, 2.75) is 65.1 Å². The summed E-state index contributed by atoms with van der Waals surface area (Å²) in [5, 5.41) is 3.59. The molecule has 21 heavy (non-hydrogen) atoms. The van der Waals surface area contributed by atoms with Crippen LogP contribution in [0.15, 0.2) is 12.1 Å². The smallest absolute Gasteiger partial charge is 0.0328 e. The molecule has 0 amide bonds. The lowest BCUT2D eigenvalue weighted by molar-refractivity contribution is 0.246. The first kappa shape index (κ1) is 15.5. The summed E-state index contributed by atoms with van der Waals surface area (Å²) in [5.41, 5.74) is 0.203. The Morgan fingerprint density at radius 3 is 2.14 bits per heavy atom. The normalized spacial score (nSPS) is 19.4. The van der Waals surface area contributed by atoms with Gasteiger partial charge >= 0.3 is 0 Å². The number of hydrogen-bond donors (Lipinski definition) is 1. The highest BCUT2D eigenvalue weighted by Crippen LogP contribution is 2.34. The molecule has 0 aliphatic heterocycles. The first-order valence-electron chi connectivity index (χ1n) is 8.53. The van der Waals surface area contributed by atoms with Gasteiger partial charge in [-0.25, -0.2) is 0 Å². The van der Waals surface area contributed by atoms with Gasteiger partial charge in [-0.1, -0.05) is 0 Å². The summed E-state index contributed by atoms with van der Waals surface area (Å²) in [6, 6.07) is 4.66. The molecule has 0 unspecified atom stereocenters. The lowest BCUT2D eigenvalue weighted by atomic mass is 10.1. The minimum atomic E-state index is 0.203. The van der Waals surface area contributed by atoms with E-state index in [-0.39, 0.29) is 5.54 Å². The zero-order chi connectivity index (χ0) is 14.9. The van der Waals surface area contributed by atoms with Crippen molar-refractivity contribution >= 4 is 11.3 Å². The van der Waals surface area contributed by atoms with Gasteiger partial charge in [-0.05, 0) is 70.4 Å². The highest BCUT2D eigenvalue weighted by atomic mass is 32.1. The van der Waals surface area contributed by atoms with Gasteiger partial charge in [0.05, 0.1) is 0 Å². The number of nitrogens with zero attached hydrogens (tertiary/aromatic N) is 1. The van der Waals surface area contributed by atoms with Gasteiger partial charge in [-0.3, -0.25) is 4.90 Å². The van der Waals surface area contributed by atoms with Gasteiger partial charge in [-0.2, -0.15) is 0 Å². The molecule has 2 fully saturated rings. The van der Waals surface area contributed by atoms with Crippen LogP contribution in [0, 0.1) is 11.8 Å². The Hall–Kier alpha value is -0.380. The second kappa shape index (κ2) is 6.39. The number of rotatable bonds is 8. The fourth-order valence-electron chi connectivity index (χ4n) is 2.71. The van der Waals surface area contributed by atoms with Crippen LogP contribution in [0.2, 0.25) is 0 Å². The Morgan fingerprint density at radius 2 is 1.62 bits per heavy atom. The maximum atomic E-state index is 3.59. The minimum absolute atomic E-state index is 0.203. The molecule has 2 saturated carbocycles. The summed E-state index contributed by atoms with van der Waals surface area (Å²) in [6.45, 7) is 11.5. The zero-order valence-electron chi connectivity index (χ0n) is 13.8. The summed E-state index contributed by atoms with van der Waals surface area (Å²) in [6.07, 6.45) is 5.86. The van der Waals surface area contributed by atoms with E-state index in [1.165, 1.54) is 50.2 Å². The van der Waals surface area contributed by atoms with Crippen LogP contribution >= 0.6 is 11.3 Å². The Morgan fingerprint density at radius 1 is 1.05 bits per heavy atom. The molecule has 1 N–H and O–H groups in total. The van der Waals surface area contributed by atoms with Crippen LogP contribution in [0.5, 0.6) is 0 Å². The molecule has 0 atom stereocenters.